The van der Waals surface area contributed by atoms with Crippen molar-refractivity contribution in [2.45, 2.75) is 11.2 Å². The molecule has 3 rings (SSSR count). The van der Waals surface area contributed by atoms with Crippen molar-refractivity contribution in [3.05, 3.63) is 70.6 Å². The highest BCUT2D eigenvalue weighted by Gasteiger charge is 2.08. The molecule has 0 amide bonds. The molecule has 106 valence electrons. The maximum atomic E-state index is 11.2. The highest BCUT2D eigenvalue weighted by atomic mass is 32.2. The van der Waals surface area contributed by atoms with E-state index < -0.39 is 0 Å². The number of nitrogens with two attached hydrogens (primary N) is 1. The molecular weight excluding hydrogens is 282 g/mol. The molecule has 0 aliphatic heterocycles. The van der Waals surface area contributed by atoms with Gasteiger partial charge in [-0.3, -0.25) is 4.79 Å². The Morgan fingerprint density at radius 1 is 1.14 bits per heavy atom. The summed E-state index contributed by atoms with van der Waals surface area (Å²) in [6.07, 6.45) is 1.50. The molecule has 21 heavy (non-hydrogen) atoms. The second-order valence-electron chi connectivity index (χ2n) is 4.76. The van der Waals surface area contributed by atoms with Crippen LogP contribution in [0.25, 0.3) is 10.8 Å². The molecule has 0 saturated carbocycles. The number of aromatic nitrogens is 2. The molecule has 3 N–H and O–H groups in total. The summed E-state index contributed by atoms with van der Waals surface area (Å²) >= 11 is 1.45. The number of fused-ring (bicyclic) bond motifs is 1. The van der Waals surface area contributed by atoms with Gasteiger partial charge in [-0.1, -0.05) is 48.2 Å². The summed E-state index contributed by atoms with van der Waals surface area (Å²) in [5.74, 6) is 0.658. The van der Waals surface area contributed by atoms with E-state index >= 15 is 0 Å². The predicted molar refractivity (Wildman–Crippen MR) is 86.5 cm³/mol. The van der Waals surface area contributed by atoms with Gasteiger partial charge >= 0.3 is 0 Å². The van der Waals surface area contributed by atoms with E-state index in [-0.39, 0.29) is 11.6 Å². The topological polar surface area (TPSA) is 71.8 Å². The largest absolute Gasteiger partial charge is 0.323 e. The Morgan fingerprint density at radius 2 is 1.95 bits per heavy atom. The van der Waals surface area contributed by atoms with Crippen molar-refractivity contribution >= 4 is 22.5 Å². The minimum atomic E-state index is -0.147. The van der Waals surface area contributed by atoms with E-state index in [0.717, 1.165) is 5.56 Å². The number of aromatic amines is 1. The Labute approximate surface area is 126 Å². The Kier molecular flexibility index (Phi) is 4.03. The van der Waals surface area contributed by atoms with Crippen LogP contribution < -0.4 is 11.3 Å². The molecule has 0 fully saturated rings. The van der Waals surface area contributed by atoms with E-state index in [1.165, 1.54) is 34.8 Å². The summed E-state index contributed by atoms with van der Waals surface area (Å²) in [5.41, 5.74) is 7.17. The minimum absolute atomic E-state index is 0.106. The van der Waals surface area contributed by atoms with Crippen molar-refractivity contribution < 1.29 is 0 Å². The number of rotatable bonds is 4. The molecule has 2 aromatic carbocycles. The molecule has 0 bridgehead atoms. The van der Waals surface area contributed by atoms with Crippen LogP contribution in [0, 0.1) is 0 Å². The Bertz CT molecular complexity index is 815. The molecule has 1 unspecified atom stereocenters. The van der Waals surface area contributed by atoms with Gasteiger partial charge in [-0.05, 0) is 22.4 Å². The van der Waals surface area contributed by atoms with Gasteiger partial charge in [-0.15, -0.1) is 0 Å². The molecule has 1 heterocycles. The van der Waals surface area contributed by atoms with Gasteiger partial charge in [-0.2, -0.15) is 0 Å². The van der Waals surface area contributed by atoms with Gasteiger partial charge in [0.25, 0.3) is 5.56 Å². The lowest BCUT2D eigenvalue weighted by Crippen LogP contribution is -2.14. The van der Waals surface area contributed by atoms with Crippen molar-refractivity contribution in [2.24, 2.45) is 5.73 Å². The summed E-state index contributed by atoms with van der Waals surface area (Å²) in [6.45, 7) is 0. The number of hydrogen-bond donors (Lipinski definition) is 2. The summed E-state index contributed by atoms with van der Waals surface area (Å²) < 4.78 is 0. The number of nitrogens with one attached hydrogen (secondary N) is 1. The van der Waals surface area contributed by atoms with Gasteiger partial charge in [0.1, 0.15) is 0 Å². The molecule has 1 atom stereocenters. The Hall–Kier alpha value is -2.11. The molecule has 4 nitrogen and oxygen atoms in total. The third kappa shape index (κ3) is 3.32. The first kappa shape index (κ1) is 13.9. The van der Waals surface area contributed by atoms with Crippen LogP contribution in [0.5, 0.6) is 0 Å². The zero-order valence-electron chi connectivity index (χ0n) is 11.3. The lowest BCUT2D eigenvalue weighted by molar-refractivity contribution is 0.827. The molecule has 0 spiro atoms. The summed E-state index contributed by atoms with van der Waals surface area (Å²) in [6, 6.07) is 15.7. The number of benzene rings is 2. The molecular formula is C16H15N3OS. The third-order valence-electron chi connectivity index (χ3n) is 3.25. The van der Waals surface area contributed by atoms with Crippen LogP contribution in [0.3, 0.4) is 0 Å². The maximum Gasteiger partial charge on any atom is 0.251 e. The molecule has 5 heteroatoms. The van der Waals surface area contributed by atoms with E-state index in [2.05, 4.69) is 40.3 Å². The molecule has 1 aromatic heterocycles. The van der Waals surface area contributed by atoms with Crippen LogP contribution in [0.2, 0.25) is 0 Å². The molecule has 3 aromatic rings. The van der Waals surface area contributed by atoms with Gasteiger partial charge in [-0.25, -0.2) is 4.98 Å². The third-order valence-corrected chi connectivity index (χ3v) is 4.26. The van der Waals surface area contributed by atoms with E-state index in [4.69, 9.17) is 5.73 Å². The number of hydrogen-bond acceptors (Lipinski definition) is 4. The van der Waals surface area contributed by atoms with Gasteiger partial charge in [0, 0.05) is 24.1 Å². The second kappa shape index (κ2) is 6.11. The predicted octanol–water partition coefficient (Wildman–Crippen LogP) is 2.72. The first-order valence-corrected chi connectivity index (χ1v) is 7.63. The first-order valence-electron chi connectivity index (χ1n) is 6.65. The molecule has 0 saturated heterocycles. The maximum absolute atomic E-state index is 11.2. The summed E-state index contributed by atoms with van der Waals surface area (Å²) in [7, 11) is 0. The monoisotopic (exact) mass is 297 g/mol. The molecule has 0 radical (unpaired) electrons. The highest BCUT2D eigenvalue weighted by molar-refractivity contribution is 7.99. The number of nitrogens with zero attached hydrogens (tertiary/aromatic N) is 1. The fourth-order valence-electron chi connectivity index (χ4n) is 2.13. The lowest BCUT2D eigenvalue weighted by Gasteiger charge is -2.12. The van der Waals surface area contributed by atoms with E-state index in [9.17, 15) is 4.79 Å². The van der Waals surface area contributed by atoms with Crippen LogP contribution in [0.4, 0.5) is 0 Å². The smallest absolute Gasteiger partial charge is 0.251 e. The van der Waals surface area contributed by atoms with Crippen molar-refractivity contribution in [1.82, 2.24) is 9.97 Å². The van der Waals surface area contributed by atoms with Gasteiger partial charge < -0.3 is 10.7 Å². The average Bonchev–Trinajstić information content (AvgIpc) is 2.52. The van der Waals surface area contributed by atoms with Crippen molar-refractivity contribution in [3.8, 4) is 0 Å². The fraction of sp³-hybridized carbons (Fsp3) is 0.125. The highest BCUT2D eigenvalue weighted by Crippen LogP contribution is 2.23. The fourth-order valence-corrected chi connectivity index (χ4v) is 2.97. The quantitative estimate of drug-likeness (QED) is 0.574. The van der Waals surface area contributed by atoms with Crippen molar-refractivity contribution in [2.75, 3.05) is 5.75 Å². The normalized spacial score (nSPS) is 12.4. The molecule has 0 aliphatic rings. The standard InChI is InChI=1S/C16H15N3OS/c17-14(10-21-16-18-8-7-15(20)19-16)13-6-5-11-3-1-2-4-12(11)9-13/h1-9,14H,10,17H2,(H,18,19,20). The molecule has 0 aliphatic carbocycles. The second-order valence-corrected chi connectivity index (χ2v) is 5.77. The Balaban J connectivity index is 1.74. The summed E-state index contributed by atoms with van der Waals surface area (Å²) in [5, 5.41) is 2.98. The van der Waals surface area contributed by atoms with Crippen molar-refractivity contribution in [3.63, 3.8) is 0 Å². The SMILES string of the molecule is NC(CSc1nccc(=O)[nH]1)c1ccc2ccccc2c1. The van der Waals surface area contributed by atoms with Crippen LogP contribution in [0.1, 0.15) is 11.6 Å². The van der Waals surface area contributed by atoms with Crippen LogP contribution in [0.15, 0.2) is 64.7 Å². The lowest BCUT2D eigenvalue weighted by atomic mass is 10.0. The zero-order chi connectivity index (χ0) is 14.7. The first-order chi connectivity index (χ1) is 10.2. The van der Waals surface area contributed by atoms with E-state index in [1.807, 2.05) is 12.1 Å². The zero-order valence-corrected chi connectivity index (χ0v) is 12.1. The van der Waals surface area contributed by atoms with Gasteiger partial charge in [0.2, 0.25) is 0 Å². The van der Waals surface area contributed by atoms with Gasteiger partial charge in [0.15, 0.2) is 5.16 Å². The van der Waals surface area contributed by atoms with Crippen LogP contribution >= 0.6 is 11.8 Å². The Morgan fingerprint density at radius 3 is 2.76 bits per heavy atom. The summed E-state index contributed by atoms with van der Waals surface area (Å²) in [4.78, 5) is 18.0. The number of thioether (sulfide) groups is 1. The minimum Gasteiger partial charge on any atom is -0.323 e. The van der Waals surface area contributed by atoms with Crippen molar-refractivity contribution in [1.29, 1.82) is 0 Å². The number of H-pyrrole nitrogens is 1. The average molecular weight is 297 g/mol. The van der Waals surface area contributed by atoms with E-state index in [1.54, 1.807) is 0 Å². The van der Waals surface area contributed by atoms with Crippen LogP contribution in [-0.2, 0) is 0 Å². The van der Waals surface area contributed by atoms with Gasteiger partial charge in [0.05, 0.1) is 0 Å². The van der Waals surface area contributed by atoms with E-state index in [0.29, 0.717) is 10.9 Å². The van der Waals surface area contributed by atoms with Crippen LogP contribution in [-0.4, -0.2) is 15.7 Å².